The van der Waals surface area contributed by atoms with Crippen LogP contribution < -0.4 is 60.9 Å². The second-order valence-electron chi connectivity index (χ2n) is 36.9. The minimum absolute atomic E-state index is 0. The Balaban J connectivity index is 0.000000140. The fraction of sp³-hybridized carbons (Fsp3) is 0.541. The molecule has 7 aromatic rings. The first kappa shape index (κ1) is 91.2. The Bertz CT molecular complexity index is 4340. The molecular formula is C98H125BF3N9NaO9. The Morgan fingerprint density at radius 2 is 0.727 bits per heavy atom. The minimum Gasteiger partial charge on any atom is -1.00 e. The summed E-state index contributed by atoms with van der Waals surface area (Å²) in [6.07, 6.45) is 14.4. The number of carbonyl (C=O) groups is 4. The van der Waals surface area contributed by atoms with E-state index in [0.717, 1.165) is 161 Å². The molecule has 0 spiro atoms. The van der Waals surface area contributed by atoms with Gasteiger partial charge in [0.1, 0.15) is 35.4 Å². The molecule has 641 valence electrons. The first-order chi connectivity index (χ1) is 57.7. The molecular weight excluding hydrogens is 1540 g/mol. The van der Waals surface area contributed by atoms with Gasteiger partial charge in [0.05, 0.1) is 30.3 Å². The van der Waals surface area contributed by atoms with Gasteiger partial charge in [0.15, 0.2) is 0 Å². The number of piperidine rings is 5. The van der Waals surface area contributed by atoms with Crippen LogP contribution in [-0.4, -0.2) is 172 Å². The molecule has 20 rings (SSSR count). The second kappa shape index (κ2) is 42.5. The average molecular weight is 1660 g/mol. The van der Waals surface area contributed by atoms with Crippen molar-refractivity contribution in [1.29, 1.82) is 0 Å². The van der Waals surface area contributed by atoms with E-state index in [1.165, 1.54) is 91.9 Å². The number of Topliss-reactive ketones (excluding diaryl/α,β-unsaturated/α-hetero) is 1. The number of nitrogens with one attached hydrogen (secondary N) is 5. The number of aliphatic hydroxyl groups excluding tert-OH is 2. The molecule has 10 fully saturated rings. The smallest absolute Gasteiger partial charge is 1.00 e. The van der Waals surface area contributed by atoms with Gasteiger partial charge in [-0.1, -0.05) is 150 Å². The van der Waals surface area contributed by atoms with Crippen molar-refractivity contribution in [3.8, 4) is 5.88 Å². The van der Waals surface area contributed by atoms with Gasteiger partial charge in [-0.2, -0.15) is 0 Å². The fourth-order valence-corrected chi connectivity index (χ4v) is 22.6. The van der Waals surface area contributed by atoms with E-state index in [9.17, 15) is 42.6 Å². The molecule has 19 unspecified atom stereocenters. The van der Waals surface area contributed by atoms with Crippen molar-refractivity contribution in [2.75, 3.05) is 85.1 Å². The zero-order chi connectivity index (χ0) is 82.8. The number of aliphatic hydroxyl groups is 2. The summed E-state index contributed by atoms with van der Waals surface area (Å²) < 4.78 is 58.3. The monoisotopic (exact) mass is 1660 g/mol. The third-order valence-corrected chi connectivity index (χ3v) is 28.3. The molecule has 6 aromatic carbocycles. The van der Waals surface area contributed by atoms with Gasteiger partial charge >= 0.3 is 47.8 Å². The third-order valence-electron chi connectivity index (χ3n) is 28.3. The van der Waals surface area contributed by atoms with Crippen molar-refractivity contribution in [1.82, 2.24) is 46.3 Å². The van der Waals surface area contributed by atoms with Crippen LogP contribution in [0.4, 0.5) is 27.6 Å². The topological polar surface area (TPSA) is 219 Å². The molecule has 121 heavy (non-hydrogen) atoms. The van der Waals surface area contributed by atoms with Gasteiger partial charge in [-0.25, -0.2) is 32.5 Å². The number of hydrogen-bond donors (Lipinski definition) is 7. The van der Waals surface area contributed by atoms with E-state index in [1.807, 2.05) is 52.3 Å². The maximum absolute atomic E-state index is 13.6. The third kappa shape index (κ3) is 22.3. The molecule has 7 N–H and O–H groups in total. The van der Waals surface area contributed by atoms with Gasteiger partial charge in [0, 0.05) is 96.7 Å². The number of aromatic nitrogens is 1. The number of halogens is 3. The fourth-order valence-electron chi connectivity index (χ4n) is 22.6. The molecule has 3 radical (unpaired) electrons. The van der Waals surface area contributed by atoms with Crippen LogP contribution in [0.1, 0.15) is 168 Å². The molecule has 9 heterocycles. The zero-order valence-corrected chi connectivity index (χ0v) is 73.5. The number of hydrogen-bond acceptors (Lipinski definition) is 15. The molecule has 23 heteroatoms. The van der Waals surface area contributed by atoms with Crippen LogP contribution in [-0.2, 0) is 33.5 Å². The molecule has 3 amide bonds. The number of rotatable bonds is 6. The van der Waals surface area contributed by atoms with Crippen molar-refractivity contribution in [3.05, 3.63) is 238 Å². The molecule has 5 aliphatic carbocycles. The molecule has 18 nitrogen and oxygen atoms in total. The Morgan fingerprint density at radius 1 is 0.397 bits per heavy atom. The van der Waals surface area contributed by atoms with Crippen LogP contribution in [0.15, 0.2) is 170 Å². The normalized spacial score (nSPS) is 31.8. The number of carbonyl (C=O) groups excluding carboxylic acids is 4. The van der Waals surface area contributed by atoms with Crippen molar-refractivity contribution in [2.24, 2.45) is 88.8 Å². The Morgan fingerprint density at radius 3 is 1.11 bits per heavy atom. The first-order valence-electron chi connectivity index (χ1n) is 44.5. The van der Waals surface area contributed by atoms with Gasteiger partial charge in [0.2, 0.25) is 5.88 Å². The van der Waals surface area contributed by atoms with Crippen LogP contribution in [0.25, 0.3) is 0 Å². The molecule has 5 saturated carbocycles. The molecule has 13 aliphatic rings. The number of nitrogens with zero attached hydrogens (tertiary/aromatic N) is 4. The number of fused-ring (bicyclic) bond motifs is 13. The van der Waals surface area contributed by atoms with Crippen LogP contribution in [0, 0.1) is 106 Å². The van der Waals surface area contributed by atoms with Gasteiger partial charge in [-0.15, -0.1) is 0 Å². The first-order valence-corrected chi connectivity index (χ1v) is 44.5. The van der Waals surface area contributed by atoms with E-state index in [4.69, 9.17) is 14.2 Å². The summed E-state index contributed by atoms with van der Waals surface area (Å²) in [5.74, 6) is 8.10. The minimum atomic E-state index is -0.465. The molecule has 1 aromatic heterocycles. The van der Waals surface area contributed by atoms with Crippen molar-refractivity contribution < 1.29 is 87.8 Å². The van der Waals surface area contributed by atoms with E-state index >= 15 is 0 Å². The Kier molecular flexibility index (Phi) is 32.0. The number of ether oxygens (including phenoxy) is 3. The summed E-state index contributed by atoms with van der Waals surface area (Å²) in [5, 5.41) is 36.6. The van der Waals surface area contributed by atoms with Crippen molar-refractivity contribution in [3.63, 3.8) is 0 Å². The molecule has 8 aliphatic heterocycles. The summed E-state index contributed by atoms with van der Waals surface area (Å²) in [4.78, 5) is 60.6. The predicted octanol–water partition coefficient (Wildman–Crippen LogP) is 12.2. The number of pyridine rings is 1. The number of ketones is 1. The van der Waals surface area contributed by atoms with Gasteiger partial charge in [-0.3, -0.25) is 19.5 Å². The molecule has 22 atom stereocenters. The van der Waals surface area contributed by atoms with E-state index in [-0.39, 0.29) is 117 Å². The summed E-state index contributed by atoms with van der Waals surface area (Å²) in [6.45, 7) is 23.0. The van der Waals surface area contributed by atoms with Crippen LogP contribution in [0.3, 0.4) is 0 Å². The summed E-state index contributed by atoms with van der Waals surface area (Å²) >= 11 is 0. The van der Waals surface area contributed by atoms with E-state index < -0.39 is 6.09 Å². The van der Waals surface area contributed by atoms with E-state index in [2.05, 4.69) is 96.5 Å². The van der Waals surface area contributed by atoms with Gasteiger partial charge in [0.25, 0.3) is 0 Å². The summed E-state index contributed by atoms with van der Waals surface area (Å²) in [6, 6.07) is 48.0. The average Bonchev–Trinajstić information content (AvgIpc) is 0.774. The summed E-state index contributed by atoms with van der Waals surface area (Å²) in [5.41, 5.74) is 9.56. The van der Waals surface area contributed by atoms with Gasteiger partial charge < -0.3 is 52.4 Å². The Labute approximate surface area is 739 Å². The molecule has 10 bridgehead atoms. The summed E-state index contributed by atoms with van der Waals surface area (Å²) in [7, 11) is 0. The van der Waals surface area contributed by atoms with Crippen LogP contribution >= 0.6 is 0 Å². The SMILES string of the molecule is CC1CC2CNCC(C2)C1=O.CC1CC2CNCC(C2)C1O.CC1CC2CNCC(C2)C1O.CC1CC2CNCC(C2)C1OC(=O)N1CCc2ccccc2[C@@H]1c1ccc(F)cc1.CC1CC2CNCC(C2)C1OC(=O)N1CCc2ccccc2[C@@H]1c1ccc(F)cc1.O=C(Oc1ccccn1)N1CCc2ccccc2[C@@H]1c1ccc(F)cc1.[B].[H-].[Na+]. The van der Waals surface area contributed by atoms with E-state index in [1.54, 1.807) is 65.7 Å². The van der Waals surface area contributed by atoms with Crippen LogP contribution in [0.5, 0.6) is 5.88 Å². The Hall–Kier alpha value is -7.48. The quantitative estimate of drug-likeness (QED) is 0.0770. The largest absolute Gasteiger partial charge is 1.00 e. The van der Waals surface area contributed by atoms with Gasteiger partial charge in [-0.05, 0) is 274 Å². The molecule has 5 saturated heterocycles. The van der Waals surface area contributed by atoms with Crippen LogP contribution in [0.2, 0.25) is 0 Å². The van der Waals surface area contributed by atoms with Crippen molar-refractivity contribution in [2.45, 2.75) is 161 Å². The maximum Gasteiger partial charge on any atom is 1.00 e. The zero-order valence-electron chi connectivity index (χ0n) is 72.5. The van der Waals surface area contributed by atoms with Crippen molar-refractivity contribution >= 4 is 32.5 Å². The standard InChI is InChI=1S/2C25H29FN2O2.C21H17FN2O2.2C9H17NO.C9H15NO.B.Na.H/c2*1-16-12-17-13-20(15-27-14-17)24(16)30-25(29)28-11-10-18-4-2-3-5-22(18)23(28)19-6-8-21(26)9-7-19;22-17-10-8-16(9-11-17)20-18-6-2-1-5-15(18)12-14-24(20)21(25)26-19-7-3-4-13-23-19;3*1-6-2-7-3-8(9(6)11)5-10-4-7;;;/h2*2-9,16-17,20,23-24,27H,10-15H2,1H3;1-11,13,20H,12,14H2;2*6-11H,2-5H2,1H3;6-8,10H,2-5H2,1H3;;;/q;;;;;;;+1;-1/t2*16?,17?,20?,23-,24?;20-;;;;;;/m000....../s1. The predicted molar refractivity (Wildman–Crippen MR) is 461 cm³/mol. The van der Waals surface area contributed by atoms with E-state index in [0.29, 0.717) is 96.4 Å². The second-order valence-corrected chi connectivity index (χ2v) is 36.9. The number of benzene rings is 6. The maximum atomic E-state index is 13.6. The number of amides is 3.